The third kappa shape index (κ3) is 4.31. The van der Waals surface area contributed by atoms with Crippen LogP contribution in [0.3, 0.4) is 0 Å². The summed E-state index contributed by atoms with van der Waals surface area (Å²) < 4.78 is 5.67. The van der Waals surface area contributed by atoms with Crippen LogP contribution < -0.4 is 5.19 Å². The van der Waals surface area contributed by atoms with Crippen molar-refractivity contribution in [1.29, 1.82) is 0 Å². The van der Waals surface area contributed by atoms with E-state index in [9.17, 15) is 0 Å². The molecule has 32 heavy (non-hydrogen) atoms. The normalized spacial score (nSPS) is 14.9. The average Bonchev–Trinajstić information content (AvgIpc) is 2.81. The van der Waals surface area contributed by atoms with E-state index < -0.39 is 8.31 Å². The fourth-order valence-electron chi connectivity index (χ4n) is 4.35. The molecule has 2 nitrogen and oxygen atoms in total. The van der Waals surface area contributed by atoms with Crippen LogP contribution in [-0.2, 0) is 4.43 Å². The fourth-order valence-corrected chi connectivity index (χ4v) is 13.4. The first-order valence-electron chi connectivity index (χ1n) is 11.0. The van der Waals surface area contributed by atoms with Gasteiger partial charge in [-0.3, -0.25) is 0 Å². The molecule has 1 aliphatic heterocycles. The highest BCUT2D eigenvalue weighted by Gasteiger charge is 2.21. The Kier molecular flexibility index (Phi) is 6.26. The Bertz CT molecular complexity index is 1410. The lowest BCUT2D eigenvalue weighted by Crippen LogP contribution is -2.45. The highest BCUT2D eigenvalue weighted by atomic mass is 29.5. The predicted octanol–water partition coefficient (Wildman–Crippen LogP) is 4.94. The maximum absolute atomic E-state index is 5.67. The summed E-state index contributed by atoms with van der Waals surface area (Å²) in [5.41, 5.74) is 0. The van der Waals surface area contributed by atoms with E-state index in [1.807, 2.05) is 26.0 Å². The fraction of sp³-hybridized carbons (Fsp3) is 0.185. The van der Waals surface area contributed by atoms with E-state index in [2.05, 4.69) is 78.9 Å². The van der Waals surface area contributed by atoms with Gasteiger partial charge >= 0.3 is 0 Å². The van der Waals surface area contributed by atoms with Gasteiger partial charge in [-0.2, -0.15) is 0 Å². The Hall–Kier alpha value is -2.29. The van der Waals surface area contributed by atoms with Crippen LogP contribution in [0.4, 0.5) is 0 Å². The molecule has 0 amide bonds. The van der Waals surface area contributed by atoms with Crippen LogP contribution in [-0.4, -0.2) is 58.8 Å². The van der Waals surface area contributed by atoms with Crippen LogP contribution in [0.2, 0.25) is 6.04 Å². The van der Waals surface area contributed by atoms with E-state index in [-0.39, 0.29) is 0 Å². The molecule has 5 heteroatoms. The zero-order chi connectivity index (χ0) is 22.1. The topological polar surface area (TPSA) is 12.5 Å². The maximum atomic E-state index is 5.67. The number of hydrogen-bond acceptors (Lipinski definition) is 2. The minimum Gasteiger partial charge on any atom is -0.422 e. The molecule has 0 aromatic heterocycles. The molecule has 1 aliphatic rings. The van der Waals surface area contributed by atoms with E-state index >= 15 is 0 Å². The maximum Gasteiger partial charge on any atom is 0.203 e. The van der Waals surface area contributed by atoms with Crippen molar-refractivity contribution >= 4 is 74.4 Å². The summed E-state index contributed by atoms with van der Waals surface area (Å²) in [4.78, 5) is 2.00. The summed E-state index contributed by atoms with van der Waals surface area (Å²) in [6.07, 6.45) is 0. The van der Waals surface area contributed by atoms with Gasteiger partial charge in [0.25, 0.3) is 0 Å². The Morgan fingerprint density at radius 2 is 1.28 bits per heavy atom. The molecule has 0 N–H and O–H groups in total. The molecule has 5 radical (unpaired) electrons. The van der Waals surface area contributed by atoms with Gasteiger partial charge in [-0.05, 0) is 94.5 Å². The van der Waals surface area contributed by atoms with Crippen molar-refractivity contribution in [3.05, 3.63) is 78.9 Å². The lowest BCUT2D eigenvalue weighted by Gasteiger charge is -2.21. The molecule has 1 saturated heterocycles. The molecule has 0 atom stereocenters. The van der Waals surface area contributed by atoms with Gasteiger partial charge < -0.3 is 9.33 Å². The second-order valence-corrected chi connectivity index (χ2v) is 16.9. The van der Waals surface area contributed by atoms with Crippen LogP contribution in [0.1, 0.15) is 0 Å². The largest absolute Gasteiger partial charge is 0.422 e. The van der Waals surface area contributed by atoms with Crippen molar-refractivity contribution < 1.29 is 4.43 Å². The van der Waals surface area contributed by atoms with E-state index in [1.54, 1.807) is 5.19 Å². The van der Waals surface area contributed by atoms with Gasteiger partial charge in [0.1, 0.15) is 0 Å². The summed E-state index contributed by atoms with van der Waals surface area (Å²) in [6, 6.07) is 30.9. The van der Waals surface area contributed by atoms with Gasteiger partial charge in [0.2, 0.25) is 9.28 Å². The lowest BCUT2D eigenvalue weighted by molar-refractivity contribution is 0.367. The van der Waals surface area contributed by atoms with Crippen molar-refractivity contribution in [1.82, 2.24) is 4.90 Å². The van der Waals surface area contributed by atoms with Crippen molar-refractivity contribution in [2.24, 2.45) is 0 Å². The van der Waals surface area contributed by atoms with Crippen molar-refractivity contribution in [2.75, 3.05) is 27.7 Å². The van der Waals surface area contributed by atoms with Crippen LogP contribution in [0, 0.1) is 0 Å². The second-order valence-electron chi connectivity index (χ2n) is 8.73. The molecule has 0 bridgehead atoms. The van der Waals surface area contributed by atoms with E-state index in [0.29, 0.717) is 9.28 Å². The lowest BCUT2D eigenvalue weighted by atomic mass is 9.96. The zero-order valence-electron chi connectivity index (χ0n) is 18.8. The molecule has 5 aromatic carbocycles. The highest BCUT2D eigenvalue weighted by Crippen LogP contribution is 2.32. The van der Waals surface area contributed by atoms with Gasteiger partial charge in [0.05, 0.1) is 16.9 Å². The molecule has 0 aliphatic carbocycles. The van der Waals surface area contributed by atoms with Gasteiger partial charge in [-0.1, -0.05) is 59.8 Å². The molecule has 0 unspecified atom stereocenters. The molecule has 1 heterocycles. The predicted molar refractivity (Wildman–Crippen MR) is 144 cm³/mol. The molecule has 157 valence electrons. The molecular formula is C27H26NOSi3. The Morgan fingerprint density at radius 3 is 1.97 bits per heavy atom. The number of rotatable bonds is 1. The van der Waals surface area contributed by atoms with Crippen molar-refractivity contribution in [3.63, 3.8) is 0 Å². The molecule has 0 saturated carbocycles. The highest BCUT2D eigenvalue weighted by molar-refractivity contribution is 7.39. The molecule has 5 aromatic rings. The summed E-state index contributed by atoms with van der Waals surface area (Å²) >= 11 is 0. The van der Waals surface area contributed by atoms with Crippen LogP contribution in [0.5, 0.6) is 0 Å². The zero-order valence-corrected chi connectivity index (χ0v) is 21.8. The first kappa shape index (κ1) is 21.6. The van der Waals surface area contributed by atoms with Gasteiger partial charge in [0.15, 0.2) is 0 Å². The number of benzene rings is 5. The van der Waals surface area contributed by atoms with E-state index in [1.165, 1.54) is 49.1 Å². The van der Waals surface area contributed by atoms with Gasteiger partial charge in [0, 0.05) is 6.61 Å². The third-order valence-electron chi connectivity index (χ3n) is 5.75. The van der Waals surface area contributed by atoms with Crippen molar-refractivity contribution in [2.45, 2.75) is 6.04 Å². The molecule has 1 fully saturated rings. The summed E-state index contributed by atoms with van der Waals surface area (Å²) in [7, 11) is 7.20. The average molecular weight is 465 g/mol. The molecule has 0 spiro atoms. The number of nitrogens with zero attached hydrogens (tertiary/aromatic N) is 1. The first-order chi connectivity index (χ1) is 15.6. The Morgan fingerprint density at radius 1 is 0.688 bits per heavy atom. The minimum absolute atomic E-state index is 0.490. The third-order valence-corrected chi connectivity index (χ3v) is 15.1. The van der Waals surface area contributed by atoms with E-state index in [0.717, 1.165) is 15.2 Å². The minimum atomic E-state index is -0.490. The second kappa shape index (κ2) is 9.29. The van der Waals surface area contributed by atoms with Gasteiger partial charge in [-0.25, -0.2) is 0 Å². The van der Waals surface area contributed by atoms with Crippen molar-refractivity contribution in [3.8, 4) is 0 Å². The monoisotopic (exact) mass is 464 g/mol. The van der Waals surface area contributed by atoms with Crippen LogP contribution in [0.15, 0.2) is 78.9 Å². The summed E-state index contributed by atoms with van der Waals surface area (Å²) in [5.74, 6) is 0. The standard InChI is InChI=1S/C24H17OSi3.C3H9N/c1-2-5-17-14-21-19(12-16(17)4-1)8-9-20-13-18-6-3-7-24(23(18)15-22(20)21)28-11-10-25-26-27-28;1-4(2)3/h1-9,12-15H,10-11H2;1-3H3. The quantitative estimate of drug-likeness (QED) is 0.198. The number of fused-ring (bicyclic) bond motifs is 5. The number of hydrogen-bond donors (Lipinski definition) is 0. The Labute approximate surface area is 196 Å². The van der Waals surface area contributed by atoms with E-state index in [4.69, 9.17) is 4.43 Å². The Balaban J connectivity index is 0.000000501. The SMILES string of the molecule is CN(C)C.c1ccc2cc3c(ccc4cc5cccc([Si]6CCO[Si][Si]6)c5cc43)cc2c1. The van der Waals surface area contributed by atoms with Crippen LogP contribution in [0.25, 0.3) is 43.1 Å². The van der Waals surface area contributed by atoms with Gasteiger partial charge in [-0.15, -0.1) is 0 Å². The first-order valence-corrected chi connectivity index (χ1v) is 16.6. The van der Waals surface area contributed by atoms with Crippen LogP contribution >= 0.6 is 0 Å². The molecular weight excluding hydrogens is 439 g/mol. The summed E-state index contributed by atoms with van der Waals surface area (Å²) in [5, 5.41) is 12.5. The molecule has 6 rings (SSSR count). The summed E-state index contributed by atoms with van der Waals surface area (Å²) in [6.45, 7) is 0.943. The smallest absolute Gasteiger partial charge is 0.203 e.